The van der Waals surface area contributed by atoms with Crippen molar-refractivity contribution < 1.29 is 4.42 Å². The predicted molar refractivity (Wildman–Crippen MR) is 120 cm³/mol. The van der Waals surface area contributed by atoms with Crippen LogP contribution in [-0.4, -0.2) is 29.9 Å². The Bertz CT molecular complexity index is 1340. The molecule has 5 rings (SSSR count). The number of benzene rings is 2. The number of hydrogen-bond donors (Lipinski definition) is 0. The molecule has 2 aromatic carbocycles. The molecule has 0 atom stereocenters. The number of fused-ring (bicyclic) bond motifs is 1. The van der Waals surface area contributed by atoms with E-state index in [9.17, 15) is 0 Å². The molecule has 0 spiro atoms. The van der Waals surface area contributed by atoms with Crippen LogP contribution < -0.4 is 0 Å². The van der Waals surface area contributed by atoms with Crippen LogP contribution in [0.25, 0.3) is 33.5 Å². The van der Waals surface area contributed by atoms with E-state index in [0.29, 0.717) is 17.5 Å². The van der Waals surface area contributed by atoms with Crippen LogP contribution in [0.15, 0.2) is 70.2 Å². The summed E-state index contributed by atoms with van der Waals surface area (Å²) < 4.78 is 7.60. The number of nitrogens with zero attached hydrogens (tertiary/aromatic N) is 6. The summed E-state index contributed by atoms with van der Waals surface area (Å²) in [5.74, 6) is 2.51. The van der Waals surface area contributed by atoms with Crippen LogP contribution in [-0.2, 0) is 12.3 Å². The molecule has 0 N–H and O–H groups in total. The van der Waals surface area contributed by atoms with Gasteiger partial charge in [0.05, 0.1) is 17.0 Å². The summed E-state index contributed by atoms with van der Waals surface area (Å²) in [5, 5.41) is 18.8. The number of aryl methyl sites for hydroxylation is 1. The minimum atomic E-state index is 0.547. The van der Waals surface area contributed by atoms with E-state index in [1.54, 1.807) is 6.92 Å². The van der Waals surface area contributed by atoms with E-state index in [1.807, 2.05) is 36.4 Å². The minimum Gasteiger partial charge on any atom is -0.425 e. The van der Waals surface area contributed by atoms with E-state index in [-0.39, 0.29) is 0 Å². The first kappa shape index (κ1) is 19.4. The Kier molecular flexibility index (Phi) is 5.21. The monoisotopic (exact) mass is 428 g/mol. The number of hydrogen-bond acceptors (Lipinski definition) is 7. The molecule has 0 fully saturated rings. The maximum absolute atomic E-state index is 5.48. The van der Waals surface area contributed by atoms with Gasteiger partial charge in [0.15, 0.2) is 11.0 Å². The van der Waals surface area contributed by atoms with Gasteiger partial charge >= 0.3 is 0 Å². The second-order valence-electron chi connectivity index (χ2n) is 6.99. The van der Waals surface area contributed by atoms with Crippen LogP contribution in [0, 0.1) is 6.92 Å². The third kappa shape index (κ3) is 3.82. The van der Waals surface area contributed by atoms with Gasteiger partial charge in [-0.05, 0) is 19.1 Å². The SMILES string of the molecule is CCn1c(SCc2nnc(C)o2)nnc1-c1cc(-c2ccccc2)nc2ccccc12. The van der Waals surface area contributed by atoms with E-state index in [2.05, 4.69) is 56.2 Å². The Balaban J connectivity index is 1.59. The van der Waals surface area contributed by atoms with Gasteiger partial charge in [-0.3, -0.25) is 0 Å². The lowest BCUT2D eigenvalue weighted by Crippen LogP contribution is -2.01. The lowest BCUT2D eigenvalue weighted by Gasteiger charge is -2.11. The summed E-state index contributed by atoms with van der Waals surface area (Å²) in [6.07, 6.45) is 0. The molecule has 31 heavy (non-hydrogen) atoms. The largest absolute Gasteiger partial charge is 0.425 e. The first-order valence-corrected chi connectivity index (χ1v) is 11.0. The fourth-order valence-corrected chi connectivity index (χ4v) is 4.36. The van der Waals surface area contributed by atoms with Crippen molar-refractivity contribution in [1.82, 2.24) is 29.9 Å². The third-order valence-corrected chi connectivity index (χ3v) is 5.90. The maximum atomic E-state index is 5.48. The predicted octanol–water partition coefficient (Wildman–Crippen LogP) is 5.16. The molecule has 154 valence electrons. The van der Waals surface area contributed by atoms with Crippen molar-refractivity contribution in [2.75, 3.05) is 0 Å². The highest BCUT2D eigenvalue weighted by Gasteiger charge is 2.18. The first-order valence-electron chi connectivity index (χ1n) is 10.0. The van der Waals surface area contributed by atoms with Crippen molar-refractivity contribution in [2.24, 2.45) is 0 Å². The smallest absolute Gasteiger partial charge is 0.226 e. The number of aromatic nitrogens is 6. The van der Waals surface area contributed by atoms with Crippen molar-refractivity contribution in [3.8, 4) is 22.6 Å². The molecule has 0 aliphatic rings. The quantitative estimate of drug-likeness (QED) is 0.345. The van der Waals surface area contributed by atoms with Gasteiger partial charge in [-0.15, -0.1) is 20.4 Å². The Morgan fingerprint density at radius 2 is 1.74 bits per heavy atom. The zero-order valence-electron chi connectivity index (χ0n) is 17.2. The zero-order chi connectivity index (χ0) is 21.2. The van der Waals surface area contributed by atoms with Gasteiger partial charge in [-0.2, -0.15) is 0 Å². The normalized spacial score (nSPS) is 11.3. The van der Waals surface area contributed by atoms with Crippen LogP contribution >= 0.6 is 11.8 Å². The van der Waals surface area contributed by atoms with Crippen molar-refractivity contribution in [3.05, 3.63) is 72.4 Å². The molecule has 0 bridgehead atoms. The highest BCUT2D eigenvalue weighted by atomic mass is 32.2. The van der Waals surface area contributed by atoms with Crippen molar-refractivity contribution >= 4 is 22.7 Å². The third-order valence-electron chi connectivity index (χ3n) is 4.95. The highest BCUT2D eigenvalue weighted by Crippen LogP contribution is 2.33. The fourth-order valence-electron chi connectivity index (χ4n) is 3.52. The molecule has 3 heterocycles. The summed E-state index contributed by atoms with van der Waals surface area (Å²) in [6, 6.07) is 20.4. The van der Waals surface area contributed by atoms with Crippen LogP contribution in [0.4, 0.5) is 0 Å². The van der Waals surface area contributed by atoms with Gasteiger partial charge in [0.2, 0.25) is 11.8 Å². The van der Waals surface area contributed by atoms with Crippen LogP contribution in [0.1, 0.15) is 18.7 Å². The molecule has 0 saturated heterocycles. The molecule has 0 radical (unpaired) electrons. The lowest BCUT2D eigenvalue weighted by molar-refractivity contribution is 0.485. The van der Waals surface area contributed by atoms with Gasteiger partial charge in [0.1, 0.15) is 0 Å². The van der Waals surface area contributed by atoms with E-state index >= 15 is 0 Å². The molecular formula is C23H20N6OS. The Morgan fingerprint density at radius 1 is 0.935 bits per heavy atom. The van der Waals surface area contributed by atoms with E-state index in [4.69, 9.17) is 9.40 Å². The number of para-hydroxylation sites is 1. The van der Waals surface area contributed by atoms with Gasteiger partial charge < -0.3 is 8.98 Å². The minimum absolute atomic E-state index is 0.547. The molecular weight excluding hydrogens is 408 g/mol. The van der Waals surface area contributed by atoms with Crippen molar-refractivity contribution in [3.63, 3.8) is 0 Å². The number of pyridine rings is 1. The van der Waals surface area contributed by atoms with Crippen LogP contribution in [0.2, 0.25) is 0 Å². The molecule has 3 aromatic heterocycles. The van der Waals surface area contributed by atoms with Gasteiger partial charge in [-0.25, -0.2) is 4.98 Å². The summed E-state index contributed by atoms with van der Waals surface area (Å²) in [7, 11) is 0. The molecule has 8 heteroatoms. The van der Waals surface area contributed by atoms with Crippen LogP contribution in [0.3, 0.4) is 0 Å². The molecule has 5 aromatic rings. The zero-order valence-corrected chi connectivity index (χ0v) is 18.0. The first-order chi connectivity index (χ1) is 15.2. The van der Waals surface area contributed by atoms with Crippen molar-refractivity contribution in [2.45, 2.75) is 31.3 Å². The molecule has 7 nitrogen and oxygen atoms in total. The van der Waals surface area contributed by atoms with Gasteiger partial charge in [-0.1, -0.05) is 60.3 Å². The second-order valence-corrected chi connectivity index (χ2v) is 7.93. The number of rotatable bonds is 6. The molecule has 0 aliphatic heterocycles. The molecule has 0 amide bonds. The molecule has 0 unspecified atom stereocenters. The summed E-state index contributed by atoms with van der Waals surface area (Å²) >= 11 is 1.54. The Hall–Kier alpha value is -3.52. The van der Waals surface area contributed by atoms with Gasteiger partial charge in [0.25, 0.3) is 0 Å². The molecule has 0 saturated carbocycles. The lowest BCUT2D eigenvalue weighted by atomic mass is 10.0. The second kappa shape index (κ2) is 8.31. The topological polar surface area (TPSA) is 82.5 Å². The summed E-state index contributed by atoms with van der Waals surface area (Å²) in [6.45, 7) is 4.62. The summed E-state index contributed by atoms with van der Waals surface area (Å²) in [4.78, 5) is 4.88. The maximum Gasteiger partial charge on any atom is 0.226 e. The average Bonchev–Trinajstić information content (AvgIpc) is 3.42. The number of thioether (sulfide) groups is 1. The van der Waals surface area contributed by atoms with E-state index < -0.39 is 0 Å². The summed E-state index contributed by atoms with van der Waals surface area (Å²) in [5.41, 5.74) is 3.92. The molecule has 0 aliphatic carbocycles. The van der Waals surface area contributed by atoms with E-state index in [1.165, 1.54) is 11.8 Å². The Morgan fingerprint density at radius 3 is 2.52 bits per heavy atom. The standard InChI is InChI=1S/C23H20N6OS/c1-3-29-22(27-28-23(29)31-14-21-26-25-15(2)30-21)18-13-20(16-9-5-4-6-10-16)24-19-12-8-7-11-17(18)19/h4-13H,3,14H2,1-2H3. The van der Waals surface area contributed by atoms with E-state index in [0.717, 1.165) is 45.2 Å². The van der Waals surface area contributed by atoms with Gasteiger partial charge in [0, 0.05) is 30.0 Å². The Labute approximate surface area is 183 Å². The van der Waals surface area contributed by atoms with Crippen LogP contribution in [0.5, 0.6) is 0 Å². The van der Waals surface area contributed by atoms with Crippen molar-refractivity contribution in [1.29, 1.82) is 0 Å². The average molecular weight is 429 g/mol. The highest BCUT2D eigenvalue weighted by molar-refractivity contribution is 7.98. The fraction of sp³-hybridized carbons (Fsp3) is 0.174.